The first kappa shape index (κ1) is 21.6. The van der Waals surface area contributed by atoms with Crippen LogP contribution in [0, 0.1) is 6.92 Å². The average molecular weight is 447 g/mol. The maximum absolute atomic E-state index is 12.7. The molecule has 0 spiro atoms. The van der Waals surface area contributed by atoms with Crippen LogP contribution in [0.4, 0.5) is 5.69 Å². The Morgan fingerprint density at radius 3 is 2.50 bits per heavy atom. The molecule has 162 valence electrons. The van der Waals surface area contributed by atoms with Crippen molar-refractivity contribution in [2.75, 3.05) is 13.7 Å². The molecule has 2 heterocycles. The number of esters is 1. The summed E-state index contributed by atoms with van der Waals surface area (Å²) in [5.41, 5.74) is 3.26. The molecule has 3 aromatic rings. The van der Waals surface area contributed by atoms with E-state index in [2.05, 4.69) is 4.99 Å². The zero-order chi connectivity index (χ0) is 22.7. The molecule has 1 aliphatic heterocycles. The Balaban J connectivity index is 1.52. The lowest BCUT2D eigenvalue weighted by atomic mass is 10.1. The number of likely N-dealkylation sites (N-methyl/N-ethyl adjacent to an activating group) is 1. The van der Waals surface area contributed by atoms with Gasteiger partial charge in [0.1, 0.15) is 11.5 Å². The van der Waals surface area contributed by atoms with Crippen molar-refractivity contribution in [1.82, 2.24) is 4.90 Å². The molecule has 0 unspecified atom stereocenters. The lowest BCUT2D eigenvalue weighted by Crippen LogP contribution is -2.23. The summed E-state index contributed by atoms with van der Waals surface area (Å²) in [4.78, 5) is 31.1. The Labute approximate surface area is 190 Å². The summed E-state index contributed by atoms with van der Waals surface area (Å²) in [7, 11) is 1.71. The molecular weight excluding hydrogens is 424 g/mol. The van der Waals surface area contributed by atoms with Gasteiger partial charge in [0.05, 0.1) is 22.8 Å². The fraction of sp³-hybridized carbons (Fsp3) is 0.160. The molecule has 2 aromatic carbocycles. The van der Waals surface area contributed by atoms with Crippen molar-refractivity contribution < 1.29 is 18.7 Å². The van der Waals surface area contributed by atoms with E-state index in [0.29, 0.717) is 33.8 Å². The Bertz CT molecular complexity index is 1210. The fourth-order valence-electron chi connectivity index (χ4n) is 3.08. The maximum atomic E-state index is 12.7. The normalized spacial score (nSPS) is 16.2. The number of aryl methyl sites for hydroxylation is 1. The second-order valence-corrected chi connectivity index (χ2v) is 8.21. The van der Waals surface area contributed by atoms with E-state index < -0.39 is 0 Å². The highest BCUT2D eigenvalue weighted by Gasteiger charge is 2.30. The first-order chi connectivity index (χ1) is 15.4. The average Bonchev–Trinajstić information content (AvgIpc) is 3.36. The number of amidine groups is 1. The number of thioether (sulfide) groups is 1. The lowest BCUT2D eigenvalue weighted by molar-refractivity contribution is -0.121. The predicted octanol–water partition coefficient (Wildman–Crippen LogP) is 5.67. The summed E-state index contributed by atoms with van der Waals surface area (Å²) in [5.74, 6) is 0.727. The van der Waals surface area contributed by atoms with Gasteiger partial charge in [-0.2, -0.15) is 0 Å². The van der Waals surface area contributed by atoms with Crippen LogP contribution in [0.2, 0.25) is 0 Å². The van der Waals surface area contributed by atoms with Gasteiger partial charge in [0, 0.05) is 18.7 Å². The minimum atomic E-state index is -0.354. The zero-order valence-corrected chi connectivity index (χ0v) is 18.8. The minimum Gasteiger partial charge on any atom is -0.462 e. The van der Waals surface area contributed by atoms with Crippen molar-refractivity contribution in [2.24, 2.45) is 4.99 Å². The molecule has 0 saturated carbocycles. The molecule has 1 aromatic heterocycles. The second kappa shape index (κ2) is 9.28. The number of furan rings is 1. The first-order valence-corrected chi connectivity index (χ1v) is 11.0. The molecule has 32 heavy (non-hydrogen) atoms. The predicted molar refractivity (Wildman–Crippen MR) is 127 cm³/mol. The number of hydrogen-bond donors (Lipinski definition) is 0. The highest BCUT2D eigenvalue weighted by Crippen LogP contribution is 2.34. The summed E-state index contributed by atoms with van der Waals surface area (Å²) in [6.07, 6.45) is 1.72. The van der Waals surface area contributed by atoms with Gasteiger partial charge in [0.25, 0.3) is 5.91 Å². The summed E-state index contributed by atoms with van der Waals surface area (Å²) in [5, 5.41) is 0.617. The zero-order valence-electron chi connectivity index (χ0n) is 18.0. The largest absolute Gasteiger partial charge is 0.462 e. The molecule has 4 rings (SSSR count). The molecule has 1 amide bonds. The van der Waals surface area contributed by atoms with Crippen molar-refractivity contribution >= 4 is 40.6 Å². The van der Waals surface area contributed by atoms with Crippen LogP contribution in [-0.4, -0.2) is 35.6 Å². The summed E-state index contributed by atoms with van der Waals surface area (Å²) in [6.45, 7) is 4.12. The van der Waals surface area contributed by atoms with Crippen molar-refractivity contribution in [3.8, 4) is 11.3 Å². The molecule has 0 radical (unpaired) electrons. The van der Waals surface area contributed by atoms with E-state index >= 15 is 0 Å². The SMILES string of the molecule is CCOC(=O)c1ccc(-c2ccc(/C=C3/SC(=Nc4ccc(C)cc4)N(C)C3=O)o2)cc1. The van der Waals surface area contributed by atoms with Crippen LogP contribution in [-0.2, 0) is 9.53 Å². The molecule has 1 saturated heterocycles. The fourth-order valence-corrected chi connectivity index (χ4v) is 4.05. The maximum Gasteiger partial charge on any atom is 0.338 e. The quantitative estimate of drug-likeness (QED) is 0.373. The number of hydrogen-bond acceptors (Lipinski definition) is 6. The van der Waals surface area contributed by atoms with E-state index in [4.69, 9.17) is 9.15 Å². The number of benzene rings is 2. The lowest BCUT2D eigenvalue weighted by Gasteiger charge is -2.07. The van der Waals surface area contributed by atoms with Gasteiger partial charge >= 0.3 is 5.97 Å². The van der Waals surface area contributed by atoms with E-state index in [0.717, 1.165) is 16.8 Å². The monoisotopic (exact) mass is 446 g/mol. The highest BCUT2D eigenvalue weighted by molar-refractivity contribution is 8.18. The van der Waals surface area contributed by atoms with Crippen LogP contribution >= 0.6 is 11.8 Å². The number of aliphatic imine (C=N–C) groups is 1. The van der Waals surface area contributed by atoms with Gasteiger partial charge in [-0.05, 0) is 62.0 Å². The molecule has 6 nitrogen and oxygen atoms in total. The van der Waals surface area contributed by atoms with Gasteiger partial charge in [0.15, 0.2) is 5.17 Å². The Morgan fingerprint density at radius 2 is 1.81 bits per heavy atom. The molecule has 0 N–H and O–H groups in total. The van der Waals surface area contributed by atoms with Crippen LogP contribution in [0.1, 0.15) is 28.6 Å². The van der Waals surface area contributed by atoms with E-state index in [1.807, 2.05) is 43.3 Å². The van der Waals surface area contributed by atoms with Crippen LogP contribution in [0.3, 0.4) is 0 Å². The Kier molecular flexibility index (Phi) is 6.28. The van der Waals surface area contributed by atoms with Gasteiger partial charge in [0.2, 0.25) is 0 Å². The van der Waals surface area contributed by atoms with Crippen molar-refractivity contribution in [3.63, 3.8) is 0 Å². The molecule has 0 bridgehead atoms. The van der Waals surface area contributed by atoms with Gasteiger partial charge < -0.3 is 9.15 Å². The molecular formula is C25H22N2O4S. The van der Waals surface area contributed by atoms with E-state index in [9.17, 15) is 9.59 Å². The molecule has 0 aliphatic carbocycles. The van der Waals surface area contributed by atoms with E-state index in [-0.39, 0.29) is 11.9 Å². The number of amides is 1. The molecule has 1 fully saturated rings. The van der Waals surface area contributed by atoms with Crippen LogP contribution in [0.15, 0.2) is 75.0 Å². The summed E-state index contributed by atoms with van der Waals surface area (Å²) >= 11 is 1.31. The smallest absolute Gasteiger partial charge is 0.338 e. The first-order valence-electron chi connectivity index (χ1n) is 10.1. The Hall–Kier alpha value is -3.58. The second-order valence-electron chi connectivity index (χ2n) is 7.20. The summed E-state index contributed by atoms with van der Waals surface area (Å²) in [6, 6.07) is 18.5. The standard InChI is InChI=1S/C25H22N2O4S/c1-4-30-24(29)18-9-7-17(8-10-18)21-14-13-20(31-21)15-22-23(28)27(3)25(32-22)26-19-11-5-16(2)6-12-19/h5-15H,4H2,1-3H3/b22-15+,26-25?. The minimum absolute atomic E-state index is 0.127. The number of carbonyl (C=O) groups excluding carboxylic acids is 2. The number of nitrogens with zero attached hydrogens (tertiary/aromatic N) is 2. The van der Waals surface area contributed by atoms with Gasteiger partial charge in [-0.3, -0.25) is 9.69 Å². The van der Waals surface area contributed by atoms with Crippen LogP contribution in [0.25, 0.3) is 17.4 Å². The molecule has 1 aliphatic rings. The molecule has 0 atom stereocenters. The van der Waals surface area contributed by atoms with Gasteiger partial charge in [-0.15, -0.1) is 0 Å². The molecule has 7 heteroatoms. The third-order valence-corrected chi connectivity index (χ3v) is 5.90. The Morgan fingerprint density at radius 1 is 1.09 bits per heavy atom. The number of rotatable bonds is 5. The third kappa shape index (κ3) is 4.68. The van der Waals surface area contributed by atoms with E-state index in [1.54, 1.807) is 44.3 Å². The van der Waals surface area contributed by atoms with Gasteiger partial charge in [-0.1, -0.05) is 29.8 Å². The number of carbonyl (C=O) groups is 2. The highest BCUT2D eigenvalue weighted by atomic mass is 32.2. The van der Waals surface area contributed by atoms with Crippen molar-refractivity contribution in [1.29, 1.82) is 0 Å². The van der Waals surface area contributed by atoms with Crippen LogP contribution < -0.4 is 0 Å². The summed E-state index contributed by atoms with van der Waals surface area (Å²) < 4.78 is 10.9. The third-order valence-electron chi connectivity index (χ3n) is 4.84. The van der Waals surface area contributed by atoms with Crippen molar-refractivity contribution in [2.45, 2.75) is 13.8 Å². The van der Waals surface area contributed by atoms with Gasteiger partial charge in [-0.25, -0.2) is 9.79 Å². The van der Waals surface area contributed by atoms with Crippen LogP contribution in [0.5, 0.6) is 0 Å². The van der Waals surface area contributed by atoms with E-state index in [1.165, 1.54) is 16.7 Å². The number of ether oxygens (including phenoxy) is 1. The topological polar surface area (TPSA) is 72.1 Å². The van der Waals surface area contributed by atoms with Crippen molar-refractivity contribution in [3.05, 3.63) is 82.5 Å².